The number of benzene rings is 4. The second-order valence-electron chi connectivity index (χ2n) is 9.02. The van der Waals surface area contributed by atoms with Crippen molar-refractivity contribution in [2.45, 2.75) is 18.7 Å². The summed E-state index contributed by atoms with van der Waals surface area (Å²) in [7, 11) is 1.56. The summed E-state index contributed by atoms with van der Waals surface area (Å²) in [5.74, 6) is 0.0332. The number of hydrogen-bond acceptors (Lipinski definition) is 5. The Labute approximate surface area is 226 Å². The number of carbonyl (C=O) groups is 3. The summed E-state index contributed by atoms with van der Waals surface area (Å²) in [5.41, 5.74) is 3.18. The highest BCUT2D eigenvalue weighted by Crippen LogP contribution is 2.35. The number of methoxy groups -OCH3 is 1. The molecular weight excluding hydrogens is 494 g/mol. The molecule has 1 aliphatic rings. The standard InChI is InChI=1S/C31H27N3O5/c1-38-26-18-14-23(15-19-26)29(35)32-25-16-12-22(13-17-25)28-27(30(36)33-24-10-6-3-7-11-24)34(31(37)39-28)20-21-8-4-2-5-9-21/h2-19,27-28H,20H2,1H3,(H,32,35)(H,33,36). The van der Waals surface area contributed by atoms with Crippen molar-refractivity contribution in [3.8, 4) is 5.75 Å². The van der Waals surface area contributed by atoms with E-state index in [0.717, 1.165) is 5.56 Å². The molecule has 39 heavy (non-hydrogen) atoms. The zero-order valence-corrected chi connectivity index (χ0v) is 21.2. The molecule has 1 aliphatic heterocycles. The zero-order valence-electron chi connectivity index (χ0n) is 21.2. The number of rotatable bonds is 8. The summed E-state index contributed by atoms with van der Waals surface area (Å²) in [5, 5.41) is 5.76. The van der Waals surface area contributed by atoms with Gasteiger partial charge in [-0.15, -0.1) is 0 Å². The lowest BCUT2D eigenvalue weighted by molar-refractivity contribution is -0.121. The molecule has 8 nitrogen and oxygen atoms in total. The third kappa shape index (κ3) is 5.91. The number of cyclic esters (lactones) is 1. The van der Waals surface area contributed by atoms with E-state index in [-0.39, 0.29) is 18.4 Å². The van der Waals surface area contributed by atoms with Crippen molar-refractivity contribution in [1.29, 1.82) is 0 Å². The molecule has 1 fully saturated rings. The number of nitrogens with one attached hydrogen (secondary N) is 2. The number of anilines is 2. The predicted molar refractivity (Wildman–Crippen MR) is 147 cm³/mol. The van der Waals surface area contributed by atoms with E-state index in [1.807, 2.05) is 48.5 Å². The van der Waals surface area contributed by atoms with Crippen molar-refractivity contribution in [3.63, 3.8) is 0 Å². The molecular formula is C31H27N3O5. The Bertz CT molecular complexity index is 1440. The van der Waals surface area contributed by atoms with Crippen molar-refractivity contribution >= 4 is 29.3 Å². The summed E-state index contributed by atoms with van der Waals surface area (Å²) in [6.07, 6.45) is -1.41. The summed E-state index contributed by atoms with van der Waals surface area (Å²) in [4.78, 5) is 40.6. The Morgan fingerprint density at radius 3 is 2.05 bits per heavy atom. The highest BCUT2D eigenvalue weighted by atomic mass is 16.6. The molecule has 196 valence electrons. The average molecular weight is 522 g/mol. The van der Waals surface area contributed by atoms with E-state index in [1.165, 1.54) is 4.90 Å². The van der Waals surface area contributed by atoms with Crippen LogP contribution in [0.25, 0.3) is 0 Å². The number of ether oxygens (including phenoxy) is 2. The Morgan fingerprint density at radius 1 is 0.795 bits per heavy atom. The Morgan fingerprint density at radius 2 is 1.41 bits per heavy atom. The fraction of sp³-hybridized carbons (Fsp3) is 0.129. The van der Waals surface area contributed by atoms with Gasteiger partial charge in [0.25, 0.3) is 11.8 Å². The number of hydrogen-bond donors (Lipinski definition) is 2. The van der Waals surface area contributed by atoms with E-state index < -0.39 is 18.2 Å². The van der Waals surface area contributed by atoms with Crippen LogP contribution in [0.1, 0.15) is 27.6 Å². The Hall–Kier alpha value is -5.11. The molecule has 4 aromatic rings. The number of carbonyl (C=O) groups excluding carboxylic acids is 3. The molecule has 0 saturated carbocycles. The number of nitrogens with zero attached hydrogens (tertiary/aromatic N) is 1. The lowest BCUT2D eigenvalue weighted by Gasteiger charge is -2.24. The Balaban J connectivity index is 1.36. The lowest BCUT2D eigenvalue weighted by Crippen LogP contribution is -2.43. The van der Waals surface area contributed by atoms with Crippen molar-refractivity contribution in [2.24, 2.45) is 0 Å². The molecule has 2 unspecified atom stereocenters. The van der Waals surface area contributed by atoms with Gasteiger partial charge in [0.05, 0.1) is 13.7 Å². The van der Waals surface area contributed by atoms with Crippen molar-refractivity contribution in [3.05, 3.63) is 126 Å². The van der Waals surface area contributed by atoms with Gasteiger partial charge in [-0.05, 0) is 59.7 Å². The monoisotopic (exact) mass is 521 g/mol. The normalized spacial score (nSPS) is 16.3. The summed E-state index contributed by atoms with van der Waals surface area (Å²) in [6.45, 7) is 0.221. The quantitative estimate of drug-likeness (QED) is 0.312. The van der Waals surface area contributed by atoms with Gasteiger partial charge in [0.1, 0.15) is 5.75 Å². The van der Waals surface area contributed by atoms with Crippen LogP contribution < -0.4 is 15.4 Å². The van der Waals surface area contributed by atoms with Gasteiger partial charge < -0.3 is 20.1 Å². The highest BCUT2D eigenvalue weighted by Gasteiger charge is 2.47. The van der Waals surface area contributed by atoms with E-state index >= 15 is 0 Å². The fourth-order valence-electron chi connectivity index (χ4n) is 4.43. The van der Waals surface area contributed by atoms with Gasteiger partial charge in [-0.3, -0.25) is 14.5 Å². The predicted octanol–water partition coefficient (Wildman–Crippen LogP) is 5.65. The van der Waals surface area contributed by atoms with Gasteiger partial charge in [-0.25, -0.2) is 4.79 Å². The van der Waals surface area contributed by atoms with Gasteiger partial charge in [-0.2, -0.15) is 0 Å². The molecule has 0 aliphatic carbocycles. The molecule has 1 heterocycles. The first kappa shape index (κ1) is 25.5. The summed E-state index contributed by atoms with van der Waals surface area (Å²) in [6, 6.07) is 31.3. The number of para-hydroxylation sites is 1. The van der Waals surface area contributed by atoms with Crippen molar-refractivity contribution < 1.29 is 23.9 Å². The van der Waals surface area contributed by atoms with Crippen molar-refractivity contribution in [1.82, 2.24) is 4.90 Å². The van der Waals surface area contributed by atoms with Crippen LogP contribution in [0, 0.1) is 0 Å². The second kappa shape index (κ2) is 11.5. The maximum absolute atomic E-state index is 13.5. The van der Waals surface area contributed by atoms with Crippen LogP contribution in [0.2, 0.25) is 0 Å². The minimum atomic E-state index is -0.905. The average Bonchev–Trinajstić information content (AvgIpc) is 3.30. The largest absolute Gasteiger partial charge is 0.497 e. The van der Waals surface area contributed by atoms with Gasteiger partial charge in [0.15, 0.2) is 12.1 Å². The molecule has 0 aromatic heterocycles. The fourth-order valence-corrected chi connectivity index (χ4v) is 4.43. The van der Waals surface area contributed by atoms with Crippen LogP contribution >= 0.6 is 0 Å². The maximum atomic E-state index is 13.5. The molecule has 1 saturated heterocycles. The minimum Gasteiger partial charge on any atom is -0.497 e. The maximum Gasteiger partial charge on any atom is 0.411 e. The topological polar surface area (TPSA) is 97.0 Å². The molecule has 5 rings (SSSR count). The second-order valence-corrected chi connectivity index (χ2v) is 9.02. The van der Waals surface area contributed by atoms with Gasteiger partial charge in [-0.1, -0.05) is 60.7 Å². The molecule has 2 N–H and O–H groups in total. The molecule has 0 spiro atoms. The van der Waals surface area contributed by atoms with Crippen LogP contribution in [0.5, 0.6) is 5.75 Å². The SMILES string of the molecule is COc1ccc(C(=O)Nc2ccc(C3OC(=O)N(Cc4ccccc4)C3C(=O)Nc3ccccc3)cc2)cc1. The summed E-state index contributed by atoms with van der Waals surface area (Å²) < 4.78 is 10.9. The molecule has 0 radical (unpaired) electrons. The first-order valence-electron chi connectivity index (χ1n) is 12.4. The third-order valence-corrected chi connectivity index (χ3v) is 6.44. The molecule has 0 bridgehead atoms. The smallest absolute Gasteiger partial charge is 0.411 e. The van der Waals surface area contributed by atoms with Crippen LogP contribution in [-0.2, 0) is 16.1 Å². The van der Waals surface area contributed by atoms with E-state index in [1.54, 1.807) is 67.8 Å². The van der Waals surface area contributed by atoms with E-state index in [9.17, 15) is 14.4 Å². The molecule has 8 heteroatoms. The molecule has 3 amide bonds. The molecule has 4 aromatic carbocycles. The van der Waals surface area contributed by atoms with Crippen LogP contribution in [-0.4, -0.2) is 36.0 Å². The summed E-state index contributed by atoms with van der Waals surface area (Å²) >= 11 is 0. The zero-order chi connectivity index (χ0) is 27.2. The third-order valence-electron chi connectivity index (χ3n) is 6.44. The Kier molecular flexibility index (Phi) is 7.54. The minimum absolute atomic E-state index is 0.221. The van der Waals surface area contributed by atoms with E-state index in [0.29, 0.717) is 28.3 Å². The van der Waals surface area contributed by atoms with E-state index in [2.05, 4.69) is 10.6 Å². The highest BCUT2D eigenvalue weighted by molar-refractivity contribution is 6.04. The molecule has 2 atom stereocenters. The van der Waals surface area contributed by atoms with Crippen LogP contribution in [0.15, 0.2) is 109 Å². The first-order chi connectivity index (χ1) is 19.0. The van der Waals surface area contributed by atoms with Gasteiger partial charge in [0, 0.05) is 16.9 Å². The van der Waals surface area contributed by atoms with Crippen LogP contribution in [0.3, 0.4) is 0 Å². The first-order valence-corrected chi connectivity index (χ1v) is 12.4. The van der Waals surface area contributed by atoms with Gasteiger partial charge in [0.2, 0.25) is 0 Å². The van der Waals surface area contributed by atoms with Crippen molar-refractivity contribution in [2.75, 3.05) is 17.7 Å². The van der Waals surface area contributed by atoms with E-state index in [4.69, 9.17) is 9.47 Å². The van der Waals surface area contributed by atoms with Gasteiger partial charge >= 0.3 is 6.09 Å². The number of amides is 3. The van der Waals surface area contributed by atoms with Crippen LogP contribution in [0.4, 0.5) is 16.2 Å². The lowest BCUT2D eigenvalue weighted by atomic mass is 10.00.